The molecule has 1 unspecified atom stereocenters. The molecule has 0 saturated heterocycles. The summed E-state index contributed by atoms with van der Waals surface area (Å²) in [5.41, 5.74) is 0.532. The number of amides is 1. The lowest BCUT2D eigenvalue weighted by atomic mass is 10.2. The zero-order valence-electron chi connectivity index (χ0n) is 16.1. The molecule has 1 amide bonds. The normalized spacial score (nSPS) is 15.6. The highest BCUT2D eigenvalue weighted by molar-refractivity contribution is 5.93. The quantitative estimate of drug-likeness (QED) is 0.729. The van der Waals surface area contributed by atoms with E-state index in [1.165, 1.54) is 0 Å². The third-order valence-electron chi connectivity index (χ3n) is 4.98. The Kier molecular flexibility index (Phi) is 5.21. The standard InChI is InChI=1S/C20H24N6O2/c1-14-5-6-17(28-14)13-25-9-7-18-23-24-19(26(18)11-10-25)15(2)22-20(27)16-4-3-8-21-12-16/h3-6,8,12,15H,7,9-11,13H2,1-2H3,(H,22,27). The molecule has 8 heteroatoms. The van der Waals surface area contributed by atoms with Crippen molar-refractivity contribution in [2.45, 2.75) is 39.4 Å². The Hall–Kier alpha value is -3.00. The van der Waals surface area contributed by atoms with Crippen LogP contribution in [0.25, 0.3) is 0 Å². The smallest absolute Gasteiger partial charge is 0.253 e. The van der Waals surface area contributed by atoms with Gasteiger partial charge in [-0.05, 0) is 38.1 Å². The third-order valence-corrected chi connectivity index (χ3v) is 4.98. The fourth-order valence-corrected chi connectivity index (χ4v) is 3.50. The summed E-state index contributed by atoms with van der Waals surface area (Å²) in [4.78, 5) is 18.8. The van der Waals surface area contributed by atoms with E-state index < -0.39 is 0 Å². The predicted molar refractivity (Wildman–Crippen MR) is 103 cm³/mol. The first-order chi connectivity index (χ1) is 13.6. The summed E-state index contributed by atoms with van der Waals surface area (Å²) in [7, 11) is 0. The number of carbonyl (C=O) groups is 1. The first kappa shape index (κ1) is 18.4. The number of furan rings is 1. The summed E-state index contributed by atoms with van der Waals surface area (Å²) in [6.45, 7) is 7.23. The van der Waals surface area contributed by atoms with Gasteiger partial charge in [-0.15, -0.1) is 10.2 Å². The van der Waals surface area contributed by atoms with E-state index in [2.05, 4.69) is 30.0 Å². The lowest BCUT2D eigenvalue weighted by Gasteiger charge is -2.19. The second kappa shape index (κ2) is 7.93. The summed E-state index contributed by atoms with van der Waals surface area (Å²) in [5, 5.41) is 11.7. The van der Waals surface area contributed by atoms with Gasteiger partial charge >= 0.3 is 0 Å². The minimum Gasteiger partial charge on any atom is -0.465 e. The Morgan fingerprint density at radius 2 is 2.14 bits per heavy atom. The number of nitrogens with zero attached hydrogens (tertiary/aromatic N) is 5. The molecule has 3 aromatic rings. The van der Waals surface area contributed by atoms with Crippen molar-refractivity contribution < 1.29 is 9.21 Å². The van der Waals surface area contributed by atoms with Crippen LogP contribution in [0.15, 0.2) is 41.1 Å². The molecule has 0 aromatic carbocycles. The first-order valence-electron chi connectivity index (χ1n) is 9.50. The number of rotatable bonds is 5. The van der Waals surface area contributed by atoms with E-state index in [9.17, 15) is 4.79 Å². The molecule has 0 radical (unpaired) electrons. The molecule has 0 bridgehead atoms. The largest absolute Gasteiger partial charge is 0.465 e. The van der Waals surface area contributed by atoms with Gasteiger partial charge in [-0.2, -0.15) is 0 Å². The average molecular weight is 380 g/mol. The van der Waals surface area contributed by atoms with Crippen molar-refractivity contribution in [1.29, 1.82) is 0 Å². The van der Waals surface area contributed by atoms with Gasteiger partial charge in [-0.1, -0.05) is 0 Å². The van der Waals surface area contributed by atoms with Gasteiger partial charge in [0.05, 0.1) is 18.2 Å². The highest BCUT2D eigenvalue weighted by atomic mass is 16.3. The molecule has 1 atom stereocenters. The summed E-state index contributed by atoms with van der Waals surface area (Å²) in [6, 6.07) is 7.27. The summed E-state index contributed by atoms with van der Waals surface area (Å²) in [6.07, 6.45) is 4.02. The van der Waals surface area contributed by atoms with Crippen LogP contribution in [0.2, 0.25) is 0 Å². The summed E-state index contributed by atoms with van der Waals surface area (Å²) < 4.78 is 7.83. The minimum atomic E-state index is -0.242. The Morgan fingerprint density at radius 1 is 1.25 bits per heavy atom. The van der Waals surface area contributed by atoms with Crippen LogP contribution in [0.1, 0.15) is 46.5 Å². The van der Waals surface area contributed by atoms with Crippen LogP contribution in [-0.2, 0) is 19.5 Å². The fraction of sp³-hybridized carbons (Fsp3) is 0.400. The van der Waals surface area contributed by atoms with Crippen LogP contribution in [0.5, 0.6) is 0 Å². The number of hydrogen-bond acceptors (Lipinski definition) is 6. The van der Waals surface area contributed by atoms with Gasteiger partial charge in [-0.3, -0.25) is 14.7 Å². The number of nitrogens with one attached hydrogen (secondary N) is 1. The zero-order valence-corrected chi connectivity index (χ0v) is 16.1. The van der Waals surface area contributed by atoms with Crippen molar-refractivity contribution >= 4 is 5.91 Å². The van der Waals surface area contributed by atoms with Crippen molar-refractivity contribution in [3.63, 3.8) is 0 Å². The van der Waals surface area contributed by atoms with Gasteiger partial charge in [0, 0.05) is 38.4 Å². The van der Waals surface area contributed by atoms with Crippen LogP contribution >= 0.6 is 0 Å². The van der Waals surface area contributed by atoms with Gasteiger partial charge in [-0.25, -0.2) is 0 Å². The Morgan fingerprint density at radius 3 is 2.89 bits per heavy atom. The van der Waals surface area contributed by atoms with Crippen LogP contribution in [-0.4, -0.2) is 43.6 Å². The monoisotopic (exact) mass is 380 g/mol. The zero-order chi connectivity index (χ0) is 19.5. The van der Waals surface area contributed by atoms with Crippen LogP contribution < -0.4 is 5.32 Å². The summed E-state index contributed by atoms with van der Waals surface area (Å²) >= 11 is 0. The molecule has 1 N–H and O–H groups in total. The molecule has 3 aromatic heterocycles. The second-order valence-electron chi connectivity index (χ2n) is 7.10. The molecular formula is C20H24N6O2. The lowest BCUT2D eigenvalue weighted by Crippen LogP contribution is -2.30. The highest BCUT2D eigenvalue weighted by Crippen LogP contribution is 2.18. The number of aryl methyl sites for hydroxylation is 1. The Bertz CT molecular complexity index is 949. The van der Waals surface area contributed by atoms with Crippen molar-refractivity contribution in [2.24, 2.45) is 0 Å². The number of hydrogen-bond donors (Lipinski definition) is 1. The number of fused-ring (bicyclic) bond motifs is 1. The van der Waals surface area contributed by atoms with Gasteiger partial charge in [0.15, 0.2) is 5.82 Å². The number of aromatic nitrogens is 4. The molecule has 146 valence electrons. The minimum absolute atomic E-state index is 0.165. The Labute approximate surface area is 163 Å². The molecule has 1 aliphatic rings. The van der Waals surface area contributed by atoms with Crippen molar-refractivity contribution in [3.8, 4) is 0 Å². The molecule has 1 aliphatic heterocycles. The van der Waals surface area contributed by atoms with E-state index >= 15 is 0 Å². The van der Waals surface area contributed by atoms with Gasteiger partial charge < -0.3 is 14.3 Å². The van der Waals surface area contributed by atoms with E-state index in [0.717, 1.165) is 55.8 Å². The van der Waals surface area contributed by atoms with E-state index in [-0.39, 0.29) is 11.9 Å². The maximum absolute atomic E-state index is 12.4. The Balaban J connectivity index is 1.42. The molecule has 0 aliphatic carbocycles. The molecule has 4 heterocycles. The van der Waals surface area contributed by atoms with E-state index in [1.807, 2.05) is 26.0 Å². The highest BCUT2D eigenvalue weighted by Gasteiger charge is 2.23. The number of pyridine rings is 1. The lowest BCUT2D eigenvalue weighted by molar-refractivity contribution is 0.0937. The van der Waals surface area contributed by atoms with Crippen molar-refractivity contribution in [1.82, 2.24) is 30.0 Å². The fourth-order valence-electron chi connectivity index (χ4n) is 3.50. The maximum atomic E-state index is 12.4. The van der Waals surface area contributed by atoms with Gasteiger partial charge in [0.1, 0.15) is 17.3 Å². The van der Waals surface area contributed by atoms with Crippen molar-refractivity contribution in [2.75, 3.05) is 13.1 Å². The van der Waals surface area contributed by atoms with E-state index in [4.69, 9.17) is 4.42 Å². The first-order valence-corrected chi connectivity index (χ1v) is 9.50. The third kappa shape index (κ3) is 3.96. The molecule has 28 heavy (non-hydrogen) atoms. The molecule has 0 fully saturated rings. The van der Waals surface area contributed by atoms with Crippen LogP contribution in [0.4, 0.5) is 0 Å². The molecule has 0 spiro atoms. The number of carbonyl (C=O) groups excluding carboxylic acids is 1. The second-order valence-corrected chi connectivity index (χ2v) is 7.10. The van der Waals surface area contributed by atoms with Crippen LogP contribution in [0.3, 0.4) is 0 Å². The maximum Gasteiger partial charge on any atom is 0.253 e. The van der Waals surface area contributed by atoms with Crippen LogP contribution in [0, 0.1) is 6.92 Å². The molecule has 0 saturated carbocycles. The van der Waals surface area contributed by atoms with Gasteiger partial charge in [0.2, 0.25) is 0 Å². The molecular weight excluding hydrogens is 356 g/mol. The van der Waals surface area contributed by atoms with E-state index in [1.54, 1.807) is 24.5 Å². The van der Waals surface area contributed by atoms with Gasteiger partial charge in [0.25, 0.3) is 5.91 Å². The predicted octanol–water partition coefficient (Wildman–Crippen LogP) is 2.12. The van der Waals surface area contributed by atoms with Crippen molar-refractivity contribution in [3.05, 3.63) is 65.4 Å². The molecule has 4 rings (SSSR count). The SMILES string of the molecule is Cc1ccc(CN2CCc3nnc(C(C)NC(=O)c4cccnc4)n3CC2)o1. The average Bonchev–Trinajstić information content (AvgIpc) is 3.24. The molecule has 8 nitrogen and oxygen atoms in total. The van der Waals surface area contributed by atoms with E-state index in [0.29, 0.717) is 5.56 Å². The summed E-state index contributed by atoms with van der Waals surface area (Å²) in [5.74, 6) is 3.48. The topological polar surface area (TPSA) is 89.1 Å².